The molecule has 0 saturated carbocycles. The fraction of sp³-hybridized carbons (Fsp3) is 0.190. The molecule has 134 valence electrons. The van der Waals surface area contributed by atoms with E-state index >= 15 is 0 Å². The standard InChI is InChI=1S/C21H20ClNO3/c1-25-19-10-6-16(7-11-19)13-21(24)23(15-20-3-2-12-26-20)14-17-4-8-18(22)9-5-17/h2-12H,13-15H2,1H3. The number of amides is 1. The molecule has 3 rings (SSSR count). The molecular formula is C21H20ClNO3. The van der Waals surface area contributed by atoms with Crippen molar-refractivity contribution in [2.45, 2.75) is 19.5 Å². The van der Waals surface area contributed by atoms with Crippen molar-refractivity contribution in [3.05, 3.63) is 88.8 Å². The number of furan rings is 1. The van der Waals surface area contributed by atoms with Gasteiger partial charge in [-0.2, -0.15) is 0 Å². The number of nitrogens with zero attached hydrogens (tertiary/aromatic N) is 1. The van der Waals surface area contributed by atoms with Crippen LogP contribution in [-0.2, 0) is 24.3 Å². The van der Waals surface area contributed by atoms with Gasteiger partial charge < -0.3 is 14.1 Å². The summed E-state index contributed by atoms with van der Waals surface area (Å²) in [5.74, 6) is 1.55. The number of hydrogen-bond acceptors (Lipinski definition) is 3. The Morgan fingerprint density at radius 1 is 1.00 bits per heavy atom. The van der Waals surface area contributed by atoms with Crippen LogP contribution in [0.5, 0.6) is 5.75 Å². The van der Waals surface area contributed by atoms with E-state index in [-0.39, 0.29) is 5.91 Å². The van der Waals surface area contributed by atoms with E-state index in [1.807, 2.05) is 60.7 Å². The van der Waals surface area contributed by atoms with E-state index in [9.17, 15) is 4.79 Å². The predicted molar refractivity (Wildman–Crippen MR) is 101 cm³/mol. The van der Waals surface area contributed by atoms with E-state index < -0.39 is 0 Å². The van der Waals surface area contributed by atoms with Crippen LogP contribution in [0.1, 0.15) is 16.9 Å². The molecule has 0 atom stereocenters. The second-order valence-corrected chi connectivity index (χ2v) is 6.42. The van der Waals surface area contributed by atoms with Gasteiger partial charge >= 0.3 is 0 Å². The maximum Gasteiger partial charge on any atom is 0.227 e. The van der Waals surface area contributed by atoms with Crippen LogP contribution in [0.4, 0.5) is 0 Å². The van der Waals surface area contributed by atoms with Crippen molar-refractivity contribution in [2.24, 2.45) is 0 Å². The van der Waals surface area contributed by atoms with Gasteiger partial charge in [-0.05, 0) is 47.5 Å². The minimum absolute atomic E-state index is 0.0292. The van der Waals surface area contributed by atoms with Crippen LogP contribution < -0.4 is 4.74 Å². The fourth-order valence-corrected chi connectivity index (χ4v) is 2.79. The van der Waals surface area contributed by atoms with Gasteiger partial charge in [0.05, 0.1) is 26.3 Å². The summed E-state index contributed by atoms with van der Waals surface area (Å²) in [6, 6.07) is 18.7. The molecule has 0 spiro atoms. The van der Waals surface area contributed by atoms with Gasteiger partial charge in [0.15, 0.2) is 0 Å². The summed E-state index contributed by atoms with van der Waals surface area (Å²) >= 11 is 5.95. The van der Waals surface area contributed by atoms with E-state index in [4.69, 9.17) is 20.8 Å². The van der Waals surface area contributed by atoms with Crippen LogP contribution in [0.25, 0.3) is 0 Å². The maximum absolute atomic E-state index is 12.9. The van der Waals surface area contributed by atoms with E-state index in [1.165, 1.54) is 0 Å². The Bertz CT molecular complexity index is 827. The highest BCUT2D eigenvalue weighted by molar-refractivity contribution is 6.30. The molecule has 1 heterocycles. The van der Waals surface area contributed by atoms with Crippen LogP contribution >= 0.6 is 11.6 Å². The molecule has 1 aromatic heterocycles. The quantitative estimate of drug-likeness (QED) is 0.605. The Balaban J connectivity index is 1.74. The van der Waals surface area contributed by atoms with E-state index in [1.54, 1.807) is 18.3 Å². The van der Waals surface area contributed by atoms with Gasteiger partial charge in [-0.3, -0.25) is 4.79 Å². The molecule has 3 aromatic rings. The smallest absolute Gasteiger partial charge is 0.227 e. The maximum atomic E-state index is 12.9. The molecule has 0 aliphatic heterocycles. The Morgan fingerprint density at radius 3 is 2.31 bits per heavy atom. The molecule has 1 amide bonds. The summed E-state index contributed by atoms with van der Waals surface area (Å²) in [6.07, 6.45) is 1.93. The normalized spacial score (nSPS) is 10.5. The van der Waals surface area contributed by atoms with E-state index in [2.05, 4.69) is 0 Å². The Labute approximate surface area is 158 Å². The molecule has 0 radical (unpaired) electrons. The molecule has 0 aliphatic rings. The third-order valence-corrected chi connectivity index (χ3v) is 4.33. The Morgan fingerprint density at radius 2 is 1.69 bits per heavy atom. The van der Waals surface area contributed by atoms with Gasteiger partial charge in [0.2, 0.25) is 5.91 Å². The van der Waals surface area contributed by atoms with Crippen molar-refractivity contribution in [1.29, 1.82) is 0 Å². The number of carbonyl (C=O) groups is 1. The van der Waals surface area contributed by atoms with Gasteiger partial charge in [0.1, 0.15) is 11.5 Å². The highest BCUT2D eigenvalue weighted by Gasteiger charge is 2.16. The largest absolute Gasteiger partial charge is 0.497 e. The second kappa shape index (κ2) is 8.59. The number of hydrogen-bond donors (Lipinski definition) is 0. The van der Waals surface area contributed by atoms with Gasteiger partial charge in [-0.1, -0.05) is 35.9 Å². The molecule has 26 heavy (non-hydrogen) atoms. The zero-order valence-electron chi connectivity index (χ0n) is 14.5. The first-order valence-electron chi connectivity index (χ1n) is 8.31. The number of benzene rings is 2. The lowest BCUT2D eigenvalue weighted by molar-refractivity contribution is -0.132. The number of methoxy groups -OCH3 is 1. The van der Waals surface area contributed by atoms with Crippen molar-refractivity contribution in [1.82, 2.24) is 4.90 Å². The summed E-state index contributed by atoms with van der Waals surface area (Å²) in [5, 5.41) is 0.677. The molecule has 0 saturated heterocycles. The summed E-state index contributed by atoms with van der Waals surface area (Å²) in [4.78, 5) is 14.7. The molecule has 0 bridgehead atoms. The first-order valence-corrected chi connectivity index (χ1v) is 8.69. The number of ether oxygens (including phenoxy) is 1. The van der Waals surface area contributed by atoms with Gasteiger partial charge in [-0.25, -0.2) is 0 Å². The zero-order chi connectivity index (χ0) is 18.4. The Hall–Kier alpha value is -2.72. The lowest BCUT2D eigenvalue weighted by Crippen LogP contribution is -2.31. The van der Waals surface area contributed by atoms with E-state index in [0.717, 1.165) is 22.6 Å². The first kappa shape index (κ1) is 18.1. The minimum atomic E-state index is 0.0292. The summed E-state index contributed by atoms with van der Waals surface area (Å²) in [6.45, 7) is 0.914. The predicted octanol–water partition coefficient (Wildman–Crippen LogP) is 4.71. The van der Waals surface area contributed by atoms with Crippen LogP contribution in [0.15, 0.2) is 71.3 Å². The Kier molecular flexibility index (Phi) is 5.97. The van der Waals surface area contributed by atoms with Gasteiger partial charge in [0, 0.05) is 11.6 Å². The lowest BCUT2D eigenvalue weighted by Gasteiger charge is -2.22. The molecule has 0 fully saturated rings. The highest BCUT2D eigenvalue weighted by Crippen LogP contribution is 2.17. The monoisotopic (exact) mass is 369 g/mol. The molecule has 2 aromatic carbocycles. The van der Waals surface area contributed by atoms with Crippen molar-refractivity contribution in [3.63, 3.8) is 0 Å². The molecule has 5 heteroatoms. The van der Waals surface area contributed by atoms with Crippen LogP contribution in [0.3, 0.4) is 0 Å². The topological polar surface area (TPSA) is 42.7 Å². The van der Waals surface area contributed by atoms with Gasteiger partial charge in [0.25, 0.3) is 0 Å². The van der Waals surface area contributed by atoms with Crippen molar-refractivity contribution in [3.8, 4) is 5.75 Å². The van der Waals surface area contributed by atoms with Crippen LogP contribution in [-0.4, -0.2) is 17.9 Å². The van der Waals surface area contributed by atoms with Crippen LogP contribution in [0, 0.1) is 0 Å². The third kappa shape index (κ3) is 4.90. The number of halogens is 1. The molecular weight excluding hydrogens is 350 g/mol. The second-order valence-electron chi connectivity index (χ2n) is 5.98. The molecule has 0 aliphatic carbocycles. The average Bonchev–Trinajstić information content (AvgIpc) is 3.17. The summed E-state index contributed by atoms with van der Waals surface area (Å²) in [7, 11) is 1.62. The number of rotatable bonds is 7. The molecule has 4 nitrogen and oxygen atoms in total. The zero-order valence-corrected chi connectivity index (χ0v) is 15.3. The van der Waals surface area contributed by atoms with Crippen molar-refractivity contribution < 1.29 is 13.9 Å². The summed E-state index contributed by atoms with van der Waals surface area (Å²) < 4.78 is 10.6. The molecule has 0 unspecified atom stereocenters. The lowest BCUT2D eigenvalue weighted by atomic mass is 10.1. The SMILES string of the molecule is COc1ccc(CC(=O)N(Cc2ccc(Cl)cc2)Cc2ccco2)cc1. The molecule has 0 N–H and O–H groups in total. The number of carbonyl (C=O) groups excluding carboxylic acids is 1. The third-order valence-electron chi connectivity index (χ3n) is 4.08. The average molecular weight is 370 g/mol. The van der Waals surface area contributed by atoms with Crippen LogP contribution in [0.2, 0.25) is 5.02 Å². The summed E-state index contributed by atoms with van der Waals surface area (Å²) in [5.41, 5.74) is 1.96. The van der Waals surface area contributed by atoms with Crippen molar-refractivity contribution in [2.75, 3.05) is 7.11 Å². The van der Waals surface area contributed by atoms with E-state index in [0.29, 0.717) is 24.5 Å². The minimum Gasteiger partial charge on any atom is -0.497 e. The fourth-order valence-electron chi connectivity index (χ4n) is 2.66. The van der Waals surface area contributed by atoms with Gasteiger partial charge in [-0.15, -0.1) is 0 Å². The highest BCUT2D eigenvalue weighted by atomic mass is 35.5. The first-order chi connectivity index (χ1) is 12.6. The van der Waals surface area contributed by atoms with Crippen molar-refractivity contribution >= 4 is 17.5 Å².